The molecule has 0 saturated carbocycles. The minimum atomic E-state index is -4.05. The number of halogens is 2. The molecular weight excluding hydrogens is 586 g/mol. The van der Waals surface area contributed by atoms with Crippen LogP contribution in [0.5, 0.6) is 5.75 Å². The molecule has 1 unspecified atom stereocenters. The fourth-order valence-electron chi connectivity index (χ4n) is 3.90. The van der Waals surface area contributed by atoms with Gasteiger partial charge in [-0.3, -0.25) is 0 Å². The summed E-state index contributed by atoms with van der Waals surface area (Å²) in [5.74, 6) is -2.96. The van der Waals surface area contributed by atoms with Gasteiger partial charge < -0.3 is 30.3 Å². The summed E-state index contributed by atoms with van der Waals surface area (Å²) < 4.78 is 57.7. The number of rotatable bonds is 14. The van der Waals surface area contributed by atoms with Gasteiger partial charge in [0, 0.05) is 46.2 Å². The van der Waals surface area contributed by atoms with Gasteiger partial charge in [0.1, 0.15) is 23.4 Å². The van der Waals surface area contributed by atoms with Crippen LogP contribution in [0.25, 0.3) is 0 Å². The number of hydrogen-bond donors (Lipinski definition) is 3. The lowest BCUT2D eigenvalue weighted by atomic mass is 10.1. The molecule has 15 heteroatoms. The van der Waals surface area contributed by atoms with Crippen LogP contribution in [0, 0.1) is 11.6 Å². The highest BCUT2D eigenvalue weighted by molar-refractivity contribution is 7.91. The zero-order chi connectivity index (χ0) is 31.7. The Morgan fingerprint density at radius 2 is 1.67 bits per heavy atom. The Bertz CT molecular complexity index is 1510. The number of hydrogen-bond acceptors (Lipinski definition) is 10. The Hall–Kier alpha value is -4.53. The fraction of sp³-hybridized carbons (Fsp3) is 0.357. The smallest absolute Gasteiger partial charge is 0.414 e. The molecule has 3 N–H and O–H groups in total. The maximum atomic E-state index is 13.6. The lowest BCUT2D eigenvalue weighted by molar-refractivity contribution is -0.137. The van der Waals surface area contributed by atoms with Gasteiger partial charge >= 0.3 is 12.1 Å². The van der Waals surface area contributed by atoms with E-state index in [1.165, 1.54) is 11.1 Å². The van der Waals surface area contributed by atoms with Gasteiger partial charge in [0.05, 0.1) is 22.5 Å². The van der Waals surface area contributed by atoms with Gasteiger partial charge in [0.2, 0.25) is 5.95 Å². The maximum Gasteiger partial charge on any atom is 0.414 e. The van der Waals surface area contributed by atoms with E-state index in [0.717, 1.165) is 12.1 Å². The molecule has 0 aliphatic carbocycles. The molecule has 1 aromatic heterocycles. The van der Waals surface area contributed by atoms with Crippen molar-refractivity contribution in [2.24, 2.45) is 0 Å². The van der Waals surface area contributed by atoms with Crippen molar-refractivity contribution in [1.82, 2.24) is 14.9 Å². The fourth-order valence-corrected chi connectivity index (χ4v) is 5.09. The zero-order valence-electron chi connectivity index (χ0n) is 24.2. The predicted octanol–water partition coefficient (Wildman–Crippen LogP) is 3.66. The van der Waals surface area contributed by atoms with Crippen molar-refractivity contribution < 1.29 is 36.6 Å². The second-order valence-corrected chi connectivity index (χ2v) is 11.7. The standard InChI is InChI=1S/C28H34F2N6O6S/c1-5-36(6-2)27-32-17-24(31-11-12-43(40,41)22-15-19(29)14-20(30)16-22)25(34-27)33-23(26(37)38)13-18-7-9-21(10-8-18)42-28(39)35(3)4/h7-10,14-17,23,31H,5-6,11-13H2,1-4H3,(H,37,38)(H,32,33,34). The van der Waals surface area contributed by atoms with Crippen LogP contribution in [0.2, 0.25) is 0 Å². The first-order valence-electron chi connectivity index (χ1n) is 13.3. The average Bonchev–Trinajstić information content (AvgIpc) is 2.94. The maximum absolute atomic E-state index is 13.6. The third-order valence-electron chi connectivity index (χ3n) is 6.25. The normalized spacial score (nSPS) is 11.9. The molecule has 0 saturated heterocycles. The summed E-state index contributed by atoms with van der Waals surface area (Å²) in [6, 6.07) is 7.28. The lowest BCUT2D eigenvalue weighted by Crippen LogP contribution is -2.33. The third-order valence-corrected chi connectivity index (χ3v) is 7.94. The molecule has 0 fully saturated rings. The number of carbonyl (C=O) groups is 2. The molecule has 3 aromatic rings. The van der Waals surface area contributed by atoms with Gasteiger partial charge in [-0.2, -0.15) is 4.98 Å². The average molecular weight is 621 g/mol. The lowest BCUT2D eigenvalue weighted by Gasteiger charge is -2.22. The second kappa shape index (κ2) is 14.6. The number of nitrogens with one attached hydrogen (secondary N) is 2. The summed E-state index contributed by atoms with van der Waals surface area (Å²) in [4.78, 5) is 35.5. The minimum absolute atomic E-state index is 0.0286. The van der Waals surface area contributed by atoms with Crippen LogP contribution < -0.4 is 20.3 Å². The molecule has 0 radical (unpaired) electrons. The molecular formula is C28H34F2N6O6S. The zero-order valence-corrected chi connectivity index (χ0v) is 25.0. The van der Waals surface area contributed by atoms with Crippen LogP contribution in [0.1, 0.15) is 19.4 Å². The highest BCUT2D eigenvalue weighted by Gasteiger charge is 2.23. The van der Waals surface area contributed by atoms with Crippen LogP contribution >= 0.6 is 0 Å². The Morgan fingerprint density at radius 1 is 1.05 bits per heavy atom. The number of amides is 1. The van der Waals surface area contributed by atoms with Crippen molar-refractivity contribution in [3.05, 3.63) is 65.9 Å². The quantitative estimate of drug-likeness (QED) is 0.242. The number of aliphatic carboxylic acids is 1. The minimum Gasteiger partial charge on any atom is -0.480 e. The summed E-state index contributed by atoms with van der Waals surface area (Å²) in [6.07, 6.45) is 0.881. The van der Waals surface area contributed by atoms with Crippen LogP contribution in [-0.2, 0) is 21.1 Å². The summed E-state index contributed by atoms with van der Waals surface area (Å²) >= 11 is 0. The SMILES string of the molecule is CCN(CC)c1ncc(NCCS(=O)(=O)c2cc(F)cc(F)c2)c(NC(Cc2ccc(OC(=O)N(C)C)cc2)C(=O)O)n1. The molecule has 1 atom stereocenters. The first kappa shape index (κ1) is 33.0. The molecule has 12 nitrogen and oxygen atoms in total. The molecule has 1 amide bonds. The molecule has 0 bridgehead atoms. The largest absolute Gasteiger partial charge is 0.480 e. The van der Waals surface area contributed by atoms with Gasteiger partial charge in [-0.25, -0.2) is 31.8 Å². The Balaban J connectivity index is 1.81. The van der Waals surface area contributed by atoms with E-state index in [4.69, 9.17) is 4.74 Å². The molecule has 0 aliphatic heterocycles. The van der Waals surface area contributed by atoms with Crippen LogP contribution in [-0.4, -0.2) is 86.0 Å². The van der Waals surface area contributed by atoms with E-state index >= 15 is 0 Å². The summed E-state index contributed by atoms with van der Waals surface area (Å²) in [5.41, 5.74) is 0.860. The number of ether oxygens (including phenoxy) is 1. The number of nitrogens with zero attached hydrogens (tertiary/aromatic N) is 4. The number of carboxylic acid groups (broad SMARTS) is 1. The molecule has 232 valence electrons. The van der Waals surface area contributed by atoms with Crippen LogP contribution in [0.15, 0.2) is 53.6 Å². The van der Waals surface area contributed by atoms with Crippen LogP contribution in [0.3, 0.4) is 0 Å². The van der Waals surface area contributed by atoms with Gasteiger partial charge in [-0.1, -0.05) is 12.1 Å². The Morgan fingerprint density at radius 3 is 2.23 bits per heavy atom. The van der Waals surface area contributed by atoms with E-state index in [2.05, 4.69) is 20.6 Å². The van der Waals surface area contributed by atoms with E-state index in [9.17, 15) is 31.9 Å². The predicted molar refractivity (Wildman–Crippen MR) is 157 cm³/mol. The van der Waals surface area contributed by atoms with Crippen molar-refractivity contribution in [3.63, 3.8) is 0 Å². The number of carbonyl (C=O) groups excluding carboxylic acids is 1. The van der Waals surface area contributed by atoms with Gasteiger partial charge in [-0.15, -0.1) is 0 Å². The first-order chi connectivity index (χ1) is 20.3. The summed E-state index contributed by atoms with van der Waals surface area (Å²) in [6.45, 7) is 4.79. The van der Waals surface area contributed by atoms with Crippen molar-refractivity contribution in [3.8, 4) is 5.75 Å². The molecule has 1 heterocycles. The second-order valence-electron chi connectivity index (χ2n) is 9.60. The monoisotopic (exact) mass is 620 g/mol. The summed E-state index contributed by atoms with van der Waals surface area (Å²) in [5, 5.41) is 15.8. The van der Waals surface area contributed by atoms with Crippen molar-refractivity contribution >= 4 is 39.4 Å². The Labute approximate surface area is 248 Å². The molecule has 3 rings (SSSR count). The number of benzene rings is 2. The van der Waals surface area contributed by atoms with E-state index in [-0.39, 0.29) is 24.5 Å². The van der Waals surface area contributed by atoms with Gasteiger partial charge in [0.15, 0.2) is 15.7 Å². The highest BCUT2D eigenvalue weighted by Crippen LogP contribution is 2.24. The summed E-state index contributed by atoms with van der Waals surface area (Å²) in [7, 11) is -0.955. The van der Waals surface area contributed by atoms with Crippen molar-refractivity contribution in [1.29, 1.82) is 0 Å². The van der Waals surface area contributed by atoms with Crippen molar-refractivity contribution in [2.75, 3.05) is 55.0 Å². The highest BCUT2D eigenvalue weighted by atomic mass is 32.2. The number of sulfone groups is 1. The number of anilines is 3. The third kappa shape index (κ3) is 9.23. The molecule has 0 aliphatic rings. The topological polar surface area (TPSA) is 154 Å². The van der Waals surface area contributed by atoms with E-state index in [1.807, 2.05) is 18.7 Å². The van der Waals surface area contributed by atoms with E-state index < -0.39 is 50.2 Å². The number of aromatic nitrogens is 2. The molecule has 0 spiro atoms. The number of carboxylic acids is 1. The van der Waals surface area contributed by atoms with E-state index in [0.29, 0.717) is 36.4 Å². The Kier molecular flexibility index (Phi) is 11.2. The van der Waals surface area contributed by atoms with Crippen molar-refractivity contribution in [2.45, 2.75) is 31.2 Å². The van der Waals surface area contributed by atoms with Gasteiger partial charge in [-0.05, 0) is 43.7 Å². The van der Waals surface area contributed by atoms with Gasteiger partial charge in [0.25, 0.3) is 0 Å². The molecule has 2 aromatic carbocycles. The van der Waals surface area contributed by atoms with E-state index in [1.54, 1.807) is 38.4 Å². The first-order valence-corrected chi connectivity index (χ1v) is 15.0. The van der Waals surface area contributed by atoms with Crippen LogP contribution in [0.4, 0.5) is 31.0 Å². The molecule has 43 heavy (non-hydrogen) atoms.